The lowest BCUT2D eigenvalue weighted by Crippen LogP contribution is -2.33. The number of ether oxygens (including phenoxy) is 2. The summed E-state index contributed by atoms with van der Waals surface area (Å²) in [6.45, 7) is 9.13. The molecule has 0 spiro atoms. The number of benzene rings is 1. The molecule has 0 aromatic heterocycles. The van der Waals surface area contributed by atoms with Crippen LogP contribution >= 0.6 is 23.2 Å². The average Bonchev–Trinajstić information content (AvgIpc) is 2.52. The fraction of sp³-hybridized carbons (Fsp3) is 0.500. The highest BCUT2D eigenvalue weighted by Crippen LogP contribution is 2.38. The van der Waals surface area contributed by atoms with Gasteiger partial charge in [0.25, 0.3) is 0 Å². The van der Waals surface area contributed by atoms with Gasteiger partial charge in [-0.05, 0) is 26.1 Å². The minimum absolute atomic E-state index is 0.0309. The van der Waals surface area contributed by atoms with E-state index in [9.17, 15) is 0 Å². The van der Waals surface area contributed by atoms with Gasteiger partial charge < -0.3 is 24.6 Å². The van der Waals surface area contributed by atoms with Crippen LogP contribution in [0, 0.1) is 0 Å². The van der Waals surface area contributed by atoms with Crippen LogP contribution in [0.2, 0.25) is 10.0 Å². The van der Waals surface area contributed by atoms with Crippen molar-refractivity contribution in [3.63, 3.8) is 0 Å². The van der Waals surface area contributed by atoms with Crippen LogP contribution in [0.1, 0.15) is 20.8 Å². The Hall–Kier alpha value is -1.70. The second-order valence-electron chi connectivity index (χ2n) is 4.94. The molecule has 0 bridgehead atoms. The summed E-state index contributed by atoms with van der Waals surface area (Å²) in [5, 5.41) is 15.8. The lowest BCUT2D eigenvalue weighted by molar-refractivity contribution is -0.159. The Morgan fingerprint density at radius 3 is 2.08 bits per heavy atom. The van der Waals surface area contributed by atoms with Gasteiger partial charge in [0.15, 0.2) is 11.5 Å². The van der Waals surface area contributed by atoms with Crippen LogP contribution in [-0.2, 0) is 9.59 Å². The lowest BCUT2D eigenvalue weighted by Gasteiger charge is -2.24. The summed E-state index contributed by atoms with van der Waals surface area (Å²) in [7, 11) is 1.57. The maximum Gasteiger partial charge on any atom is 0.414 e. The Morgan fingerprint density at radius 1 is 1.16 bits per heavy atom. The van der Waals surface area contributed by atoms with Crippen molar-refractivity contribution in [1.82, 2.24) is 4.90 Å². The second kappa shape index (κ2) is 11.8. The monoisotopic (exact) mass is 395 g/mol. The number of hydrogen-bond acceptors (Lipinski definition) is 5. The Kier molecular flexibility index (Phi) is 11.0. The summed E-state index contributed by atoms with van der Waals surface area (Å²) < 4.78 is 11.2. The highest BCUT2D eigenvalue weighted by Gasteiger charge is 2.15. The predicted molar refractivity (Wildman–Crippen MR) is 96.2 cm³/mol. The van der Waals surface area contributed by atoms with Crippen molar-refractivity contribution in [2.75, 3.05) is 26.7 Å². The second-order valence-corrected chi connectivity index (χ2v) is 5.79. The number of methoxy groups -OCH3 is 1. The summed E-state index contributed by atoms with van der Waals surface area (Å²) in [5.41, 5.74) is 0. The number of likely N-dealkylation sites (N-methyl/N-ethyl adjacent to an activating group) is 1. The van der Waals surface area contributed by atoms with Gasteiger partial charge in [0, 0.05) is 17.6 Å². The van der Waals surface area contributed by atoms with Crippen LogP contribution in [0.4, 0.5) is 0 Å². The number of halogens is 2. The normalized spacial score (nSPS) is 11.3. The highest BCUT2D eigenvalue weighted by molar-refractivity contribution is 6.35. The largest absolute Gasteiger partial charge is 0.491 e. The highest BCUT2D eigenvalue weighted by atomic mass is 35.5. The number of carbonyl (C=O) groups is 2. The van der Waals surface area contributed by atoms with E-state index in [4.69, 9.17) is 52.5 Å². The van der Waals surface area contributed by atoms with Crippen molar-refractivity contribution in [2.24, 2.45) is 0 Å². The minimum atomic E-state index is -1.82. The molecule has 0 fully saturated rings. The summed E-state index contributed by atoms with van der Waals surface area (Å²) in [6.07, 6.45) is 0.0309. The third-order valence-corrected chi connectivity index (χ3v) is 3.60. The molecule has 1 aromatic carbocycles. The fourth-order valence-corrected chi connectivity index (χ4v) is 2.47. The molecule has 2 N–H and O–H groups in total. The molecule has 0 saturated heterocycles. The van der Waals surface area contributed by atoms with Gasteiger partial charge in [-0.3, -0.25) is 0 Å². The number of carboxylic acids is 2. The van der Waals surface area contributed by atoms with Crippen molar-refractivity contribution >= 4 is 35.1 Å². The zero-order valence-corrected chi connectivity index (χ0v) is 16.1. The van der Waals surface area contributed by atoms with Crippen molar-refractivity contribution in [1.29, 1.82) is 0 Å². The molecule has 9 heteroatoms. The smallest absolute Gasteiger partial charge is 0.414 e. The summed E-state index contributed by atoms with van der Waals surface area (Å²) in [6, 6.07) is 3.37. The van der Waals surface area contributed by atoms with Gasteiger partial charge in [-0.15, -0.1) is 0 Å². The van der Waals surface area contributed by atoms with Gasteiger partial charge in [0.1, 0.15) is 6.10 Å². The molecule has 1 rings (SSSR count). The van der Waals surface area contributed by atoms with E-state index < -0.39 is 11.9 Å². The van der Waals surface area contributed by atoms with E-state index in [2.05, 4.69) is 18.7 Å². The number of hydrogen-bond donors (Lipinski definition) is 2. The molecule has 142 valence electrons. The first-order chi connectivity index (χ1) is 11.7. The van der Waals surface area contributed by atoms with E-state index in [1.807, 2.05) is 6.92 Å². The molecule has 0 radical (unpaired) electrons. The van der Waals surface area contributed by atoms with E-state index in [1.165, 1.54) is 0 Å². The third-order valence-electron chi connectivity index (χ3n) is 3.10. The maximum absolute atomic E-state index is 9.10. The molecule has 0 aliphatic heterocycles. The van der Waals surface area contributed by atoms with Gasteiger partial charge in [0.2, 0.25) is 0 Å². The zero-order valence-electron chi connectivity index (χ0n) is 14.6. The Labute approximate surface area is 157 Å². The van der Waals surface area contributed by atoms with Crippen LogP contribution in [0.25, 0.3) is 0 Å². The van der Waals surface area contributed by atoms with E-state index in [1.54, 1.807) is 19.2 Å². The number of rotatable bonds is 7. The van der Waals surface area contributed by atoms with Crippen molar-refractivity contribution < 1.29 is 29.3 Å². The van der Waals surface area contributed by atoms with E-state index in [0.717, 1.165) is 19.6 Å². The Balaban J connectivity index is 0.000000823. The first-order valence-electron chi connectivity index (χ1n) is 7.54. The first-order valence-corrected chi connectivity index (χ1v) is 8.29. The van der Waals surface area contributed by atoms with E-state index in [0.29, 0.717) is 21.5 Å². The van der Waals surface area contributed by atoms with E-state index in [-0.39, 0.29) is 6.10 Å². The van der Waals surface area contributed by atoms with Crippen molar-refractivity contribution in [2.45, 2.75) is 26.9 Å². The Bertz CT molecular complexity index is 566. The van der Waals surface area contributed by atoms with Crippen LogP contribution < -0.4 is 9.47 Å². The standard InChI is InChI=1S/C14H21Cl2NO2.C2H2O4/c1-5-17(6-2)9-10(3)19-13-8-11(15)7-12(16)14(13)18-4;3-1(4)2(5)6/h7-8,10H,5-6,9H2,1-4H3;(H,3,4)(H,5,6). The van der Waals surface area contributed by atoms with Gasteiger partial charge >= 0.3 is 11.9 Å². The van der Waals surface area contributed by atoms with Gasteiger partial charge in [-0.25, -0.2) is 9.59 Å². The third kappa shape index (κ3) is 8.81. The summed E-state index contributed by atoms with van der Waals surface area (Å²) >= 11 is 12.1. The molecule has 0 aliphatic carbocycles. The van der Waals surface area contributed by atoms with Crippen LogP contribution in [0.15, 0.2) is 12.1 Å². The van der Waals surface area contributed by atoms with Gasteiger partial charge in [-0.1, -0.05) is 37.0 Å². The molecular weight excluding hydrogens is 373 g/mol. The number of aliphatic carboxylic acids is 2. The van der Waals surface area contributed by atoms with E-state index >= 15 is 0 Å². The molecule has 1 unspecified atom stereocenters. The number of carboxylic acid groups (broad SMARTS) is 2. The number of nitrogens with zero attached hydrogens (tertiary/aromatic N) is 1. The summed E-state index contributed by atoms with van der Waals surface area (Å²) in [5.74, 6) is -2.54. The summed E-state index contributed by atoms with van der Waals surface area (Å²) in [4.78, 5) is 20.5. The van der Waals surface area contributed by atoms with Crippen LogP contribution in [-0.4, -0.2) is 59.9 Å². The Morgan fingerprint density at radius 2 is 1.68 bits per heavy atom. The molecule has 0 heterocycles. The lowest BCUT2D eigenvalue weighted by atomic mass is 10.3. The van der Waals surface area contributed by atoms with Crippen LogP contribution in [0.5, 0.6) is 11.5 Å². The van der Waals surface area contributed by atoms with Crippen LogP contribution in [0.3, 0.4) is 0 Å². The molecule has 25 heavy (non-hydrogen) atoms. The van der Waals surface area contributed by atoms with Crippen molar-refractivity contribution in [3.8, 4) is 11.5 Å². The average molecular weight is 396 g/mol. The minimum Gasteiger partial charge on any atom is -0.491 e. The van der Waals surface area contributed by atoms with Crippen molar-refractivity contribution in [3.05, 3.63) is 22.2 Å². The fourth-order valence-electron chi connectivity index (χ4n) is 1.92. The predicted octanol–water partition coefficient (Wildman–Crippen LogP) is 3.27. The first kappa shape index (κ1) is 23.3. The molecule has 0 amide bonds. The molecule has 1 atom stereocenters. The maximum atomic E-state index is 9.10. The van der Waals surface area contributed by atoms with Gasteiger partial charge in [-0.2, -0.15) is 0 Å². The quantitative estimate of drug-likeness (QED) is 0.683. The van der Waals surface area contributed by atoms with Gasteiger partial charge in [0.05, 0.1) is 12.1 Å². The molecular formula is C16H23Cl2NO6. The molecule has 1 aromatic rings. The molecule has 7 nitrogen and oxygen atoms in total. The SMILES string of the molecule is CCN(CC)CC(C)Oc1cc(Cl)cc(Cl)c1OC.O=C(O)C(=O)O. The molecule has 0 saturated carbocycles. The molecule has 0 aliphatic rings. The topological polar surface area (TPSA) is 96.3 Å². The zero-order chi connectivity index (χ0) is 19.6.